The minimum Gasteiger partial charge on any atom is -0.504 e. The fourth-order valence-electron chi connectivity index (χ4n) is 1.91. The lowest BCUT2D eigenvalue weighted by Gasteiger charge is -2.12. The number of phenols is 1. The van der Waals surface area contributed by atoms with Crippen LogP contribution in [0.2, 0.25) is 0 Å². The van der Waals surface area contributed by atoms with Gasteiger partial charge in [-0.3, -0.25) is 4.79 Å². The summed E-state index contributed by atoms with van der Waals surface area (Å²) in [5.74, 6) is 0.380. The summed E-state index contributed by atoms with van der Waals surface area (Å²) in [6, 6.07) is 13.2. The highest BCUT2D eigenvalue weighted by Gasteiger charge is 2.13. The number of nitriles is 1. The van der Waals surface area contributed by atoms with E-state index in [1.807, 2.05) is 6.07 Å². The van der Waals surface area contributed by atoms with E-state index in [9.17, 15) is 9.90 Å². The average Bonchev–Trinajstić information content (AvgIpc) is 2.62. The van der Waals surface area contributed by atoms with Crippen molar-refractivity contribution >= 4 is 12.1 Å². The van der Waals surface area contributed by atoms with Crippen LogP contribution in [0.1, 0.15) is 18.1 Å². The molecule has 7 nitrogen and oxygen atoms in total. The van der Waals surface area contributed by atoms with Crippen molar-refractivity contribution in [1.29, 1.82) is 5.26 Å². The lowest BCUT2D eigenvalue weighted by molar-refractivity contribution is -0.127. The first-order chi connectivity index (χ1) is 12.0. The Morgan fingerprint density at radius 2 is 2.04 bits per heavy atom. The van der Waals surface area contributed by atoms with Gasteiger partial charge in [-0.1, -0.05) is 0 Å². The van der Waals surface area contributed by atoms with Crippen molar-refractivity contribution in [2.75, 3.05) is 7.11 Å². The Morgan fingerprint density at radius 3 is 2.64 bits per heavy atom. The highest BCUT2D eigenvalue weighted by atomic mass is 16.5. The van der Waals surface area contributed by atoms with Crippen LogP contribution in [0.5, 0.6) is 17.2 Å². The van der Waals surface area contributed by atoms with Crippen LogP contribution in [0.4, 0.5) is 0 Å². The summed E-state index contributed by atoms with van der Waals surface area (Å²) in [4.78, 5) is 12.0. The second-order valence-electron chi connectivity index (χ2n) is 5.06. The monoisotopic (exact) mass is 339 g/mol. The topological polar surface area (TPSA) is 104 Å². The molecule has 0 saturated carbocycles. The minimum absolute atomic E-state index is 0.0182. The summed E-state index contributed by atoms with van der Waals surface area (Å²) < 4.78 is 10.4. The molecule has 0 aliphatic rings. The molecular weight excluding hydrogens is 322 g/mol. The Hall–Kier alpha value is -3.53. The normalized spacial score (nSPS) is 11.6. The van der Waals surface area contributed by atoms with E-state index >= 15 is 0 Å². The number of amides is 1. The highest BCUT2D eigenvalue weighted by molar-refractivity contribution is 5.84. The molecule has 1 atom stereocenters. The molecule has 0 radical (unpaired) electrons. The van der Waals surface area contributed by atoms with Crippen LogP contribution in [0, 0.1) is 11.3 Å². The van der Waals surface area contributed by atoms with E-state index in [0.717, 1.165) is 0 Å². The Morgan fingerprint density at radius 1 is 1.32 bits per heavy atom. The summed E-state index contributed by atoms with van der Waals surface area (Å²) in [5, 5.41) is 22.2. The second-order valence-corrected chi connectivity index (χ2v) is 5.06. The van der Waals surface area contributed by atoms with E-state index in [4.69, 9.17) is 14.7 Å². The molecule has 1 amide bonds. The van der Waals surface area contributed by atoms with E-state index in [1.54, 1.807) is 43.3 Å². The number of hydrogen-bond donors (Lipinski definition) is 2. The molecule has 0 saturated heterocycles. The van der Waals surface area contributed by atoms with Gasteiger partial charge in [0.1, 0.15) is 5.75 Å². The van der Waals surface area contributed by atoms with Gasteiger partial charge in [-0.05, 0) is 55.0 Å². The van der Waals surface area contributed by atoms with Gasteiger partial charge < -0.3 is 14.6 Å². The van der Waals surface area contributed by atoms with Gasteiger partial charge in [0, 0.05) is 0 Å². The lowest BCUT2D eigenvalue weighted by Crippen LogP contribution is -2.33. The molecule has 2 aromatic carbocycles. The fourth-order valence-corrected chi connectivity index (χ4v) is 1.91. The van der Waals surface area contributed by atoms with E-state index in [2.05, 4.69) is 10.5 Å². The zero-order valence-electron chi connectivity index (χ0n) is 13.8. The first kappa shape index (κ1) is 17.8. The number of methoxy groups -OCH3 is 1. The van der Waals surface area contributed by atoms with Crippen molar-refractivity contribution in [3.8, 4) is 23.3 Å². The summed E-state index contributed by atoms with van der Waals surface area (Å²) in [5.41, 5.74) is 3.47. The van der Waals surface area contributed by atoms with Crippen LogP contribution in [-0.2, 0) is 4.79 Å². The number of benzene rings is 2. The van der Waals surface area contributed by atoms with Gasteiger partial charge in [-0.15, -0.1) is 0 Å². The Labute approximate surface area is 145 Å². The summed E-state index contributed by atoms with van der Waals surface area (Å²) in [7, 11) is 1.46. The van der Waals surface area contributed by atoms with Gasteiger partial charge in [0.05, 0.1) is 25.0 Å². The Balaban J connectivity index is 1.90. The number of phenolic OH excluding ortho intramolecular Hbond substituents is 1. The van der Waals surface area contributed by atoms with Gasteiger partial charge in [-0.2, -0.15) is 10.4 Å². The molecule has 0 aromatic heterocycles. The van der Waals surface area contributed by atoms with Gasteiger partial charge in [-0.25, -0.2) is 5.43 Å². The average molecular weight is 339 g/mol. The molecule has 0 aliphatic heterocycles. The van der Waals surface area contributed by atoms with Crippen molar-refractivity contribution < 1.29 is 19.4 Å². The smallest absolute Gasteiger partial charge is 0.280 e. The molecule has 0 heterocycles. The van der Waals surface area contributed by atoms with Gasteiger partial charge >= 0.3 is 0 Å². The van der Waals surface area contributed by atoms with E-state index < -0.39 is 12.0 Å². The van der Waals surface area contributed by atoms with Gasteiger partial charge in [0.15, 0.2) is 17.6 Å². The zero-order valence-corrected chi connectivity index (χ0v) is 13.8. The molecule has 0 bridgehead atoms. The highest BCUT2D eigenvalue weighted by Crippen LogP contribution is 2.25. The molecule has 0 unspecified atom stereocenters. The molecule has 2 rings (SSSR count). The predicted molar refractivity (Wildman–Crippen MR) is 91.6 cm³/mol. The fraction of sp³-hybridized carbons (Fsp3) is 0.167. The molecule has 0 fully saturated rings. The Bertz CT molecular complexity index is 810. The molecule has 0 aliphatic carbocycles. The number of aromatic hydroxyl groups is 1. The summed E-state index contributed by atoms with van der Waals surface area (Å²) in [6.45, 7) is 1.59. The van der Waals surface area contributed by atoms with Crippen LogP contribution in [-0.4, -0.2) is 30.4 Å². The van der Waals surface area contributed by atoms with Crippen molar-refractivity contribution in [3.05, 3.63) is 53.6 Å². The van der Waals surface area contributed by atoms with Crippen LogP contribution in [0.3, 0.4) is 0 Å². The number of hydrazone groups is 1. The number of ether oxygens (including phenoxy) is 2. The van der Waals surface area contributed by atoms with Crippen molar-refractivity contribution in [1.82, 2.24) is 5.43 Å². The molecule has 0 spiro atoms. The number of carbonyl (C=O) groups is 1. The standard InChI is InChI=1S/C18H17N3O4/c1-12(25-15-6-3-13(10-19)4-7-15)18(23)21-20-11-14-5-8-17(24-2)16(22)9-14/h3-9,11-12,22H,1-2H3,(H,21,23)/t12-/m0/s1. The number of carbonyl (C=O) groups excluding carboxylic acids is 1. The number of hydrogen-bond acceptors (Lipinski definition) is 6. The molecule has 128 valence electrons. The SMILES string of the molecule is COc1ccc(C=NNC(=O)[C@H](C)Oc2ccc(C#N)cc2)cc1O. The van der Waals surface area contributed by atoms with Gasteiger partial charge in [0.25, 0.3) is 5.91 Å². The van der Waals surface area contributed by atoms with Crippen molar-refractivity contribution in [2.24, 2.45) is 5.10 Å². The third-order valence-electron chi connectivity index (χ3n) is 3.26. The third-order valence-corrected chi connectivity index (χ3v) is 3.26. The Kier molecular flexibility index (Phi) is 5.96. The third kappa shape index (κ3) is 4.97. The summed E-state index contributed by atoms with van der Waals surface area (Å²) in [6.07, 6.45) is 0.625. The predicted octanol–water partition coefficient (Wildman–Crippen LogP) is 2.19. The van der Waals surface area contributed by atoms with Crippen molar-refractivity contribution in [2.45, 2.75) is 13.0 Å². The maximum absolute atomic E-state index is 12.0. The number of rotatable bonds is 6. The number of nitrogens with one attached hydrogen (secondary N) is 1. The minimum atomic E-state index is -0.769. The maximum Gasteiger partial charge on any atom is 0.280 e. The second kappa shape index (κ2) is 8.36. The zero-order chi connectivity index (χ0) is 18.2. The molecule has 2 aromatic rings. The lowest BCUT2D eigenvalue weighted by atomic mass is 10.2. The van der Waals surface area contributed by atoms with Crippen molar-refractivity contribution in [3.63, 3.8) is 0 Å². The van der Waals surface area contributed by atoms with E-state index in [-0.39, 0.29) is 5.75 Å². The first-order valence-corrected chi connectivity index (χ1v) is 7.40. The van der Waals surface area contributed by atoms with Crippen LogP contribution >= 0.6 is 0 Å². The summed E-state index contributed by atoms with van der Waals surface area (Å²) >= 11 is 0. The first-order valence-electron chi connectivity index (χ1n) is 7.40. The molecule has 7 heteroatoms. The largest absolute Gasteiger partial charge is 0.504 e. The molecule has 2 N–H and O–H groups in total. The van der Waals surface area contributed by atoms with Gasteiger partial charge in [0.2, 0.25) is 0 Å². The quantitative estimate of drug-likeness (QED) is 0.620. The molecule has 25 heavy (non-hydrogen) atoms. The molecular formula is C18H17N3O4. The van der Waals surface area contributed by atoms with E-state index in [0.29, 0.717) is 22.6 Å². The van der Waals surface area contributed by atoms with Crippen LogP contribution < -0.4 is 14.9 Å². The maximum atomic E-state index is 12.0. The van der Waals surface area contributed by atoms with Crippen LogP contribution in [0.15, 0.2) is 47.6 Å². The number of nitrogens with zero attached hydrogens (tertiary/aromatic N) is 2. The van der Waals surface area contributed by atoms with E-state index in [1.165, 1.54) is 19.4 Å². The van der Waals surface area contributed by atoms with Crippen LogP contribution in [0.25, 0.3) is 0 Å².